The number of anilines is 2. The van der Waals surface area contributed by atoms with Crippen molar-refractivity contribution >= 4 is 28.4 Å². The summed E-state index contributed by atoms with van der Waals surface area (Å²) in [6.07, 6.45) is 8.77. The molecule has 4 N–H and O–H groups in total. The Bertz CT molecular complexity index is 1620. The lowest BCUT2D eigenvalue weighted by atomic mass is 9.69. The second kappa shape index (κ2) is 9.96. The highest BCUT2D eigenvalue weighted by Crippen LogP contribution is 2.46. The third kappa shape index (κ3) is 4.93. The van der Waals surface area contributed by atoms with Crippen LogP contribution in [0.2, 0.25) is 0 Å². The minimum Gasteiger partial charge on any atom is -0.480 e. The third-order valence-corrected chi connectivity index (χ3v) is 8.39. The van der Waals surface area contributed by atoms with Gasteiger partial charge in [0.1, 0.15) is 24.0 Å². The Morgan fingerprint density at radius 1 is 1.12 bits per heavy atom. The van der Waals surface area contributed by atoms with Crippen LogP contribution >= 0.6 is 0 Å². The van der Waals surface area contributed by atoms with Gasteiger partial charge in [0.25, 0.3) is 5.91 Å². The number of carbonyl (C=O) groups is 1. The first-order chi connectivity index (χ1) is 19.9. The van der Waals surface area contributed by atoms with Crippen LogP contribution in [0.15, 0.2) is 47.4 Å². The largest absolute Gasteiger partial charge is 0.480 e. The van der Waals surface area contributed by atoms with Gasteiger partial charge >= 0.3 is 0 Å². The average molecular weight is 561 g/mol. The predicted octanol–water partition coefficient (Wildman–Crippen LogP) is 4.27. The lowest BCUT2D eigenvalue weighted by Gasteiger charge is -2.53. The maximum atomic E-state index is 15.1. The van der Waals surface area contributed by atoms with Crippen molar-refractivity contribution in [2.75, 3.05) is 24.3 Å². The number of fused-ring (bicyclic) bond motifs is 5. The van der Waals surface area contributed by atoms with Crippen LogP contribution in [0.5, 0.6) is 17.4 Å². The second-order valence-corrected chi connectivity index (χ2v) is 11.0. The number of ether oxygens (including phenoxy) is 3. The topological polar surface area (TPSA) is 147 Å². The number of pyridine rings is 3. The molecule has 1 aliphatic carbocycles. The van der Waals surface area contributed by atoms with E-state index in [4.69, 9.17) is 24.4 Å². The molecule has 4 aliphatic rings. The zero-order valence-electron chi connectivity index (χ0n) is 22.2. The van der Waals surface area contributed by atoms with Gasteiger partial charge in [-0.05, 0) is 56.7 Å². The highest BCUT2D eigenvalue weighted by Gasteiger charge is 2.49. The molecule has 0 unspecified atom stereocenters. The summed E-state index contributed by atoms with van der Waals surface area (Å²) in [4.78, 5) is 24.9. The van der Waals surface area contributed by atoms with Crippen molar-refractivity contribution in [2.45, 2.75) is 56.2 Å². The molecule has 2 bridgehead atoms. The lowest BCUT2D eigenvalue weighted by molar-refractivity contribution is -0.165. The van der Waals surface area contributed by atoms with Crippen LogP contribution in [0.25, 0.3) is 11.0 Å². The molecule has 12 heteroatoms. The van der Waals surface area contributed by atoms with Crippen molar-refractivity contribution in [3.63, 3.8) is 0 Å². The molecule has 4 aromatic rings. The summed E-state index contributed by atoms with van der Waals surface area (Å²) < 4.78 is 37.8. The van der Waals surface area contributed by atoms with E-state index in [1.807, 2.05) is 12.1 Å². The second-order valence-electron chi connectivity index (χ2n) is 11.0. The SMILES string of the molecule is Nc1cocc1Oc1ccc2ncc(F)c(CCC34CCC(NCc5ccc6c(n5)NC(=O)CO6)(CC3)CO4)c2n1. The normalized spacial score (nSPS) is 23.2. The third-order valence-electron chi connectivity index (χ3n) is 8.39. The van der Waals surface area contributed by atoms with Gasteiger partial charge in [0.2, 0.25) is 5.88 Å². The zero-order valence-corrected chi connectivity index (χ0v) is 22.2. The number of nitrogens with two attached hydrogens (primary N) is 1. The van der Waals surface area contributed by atoms with Gasteiger partial charge in [-0.3, -0.25) is 9.78 Å². The Morgan fingerprint density at radius 2 is 2.00 bits per heavy atom. The first kappa shape index (κ1) is 25.7. The predicted molar refractivity (Wildman–Crippen MR) is 146 cm³/mol. The van der Waals surface area contributed by atoms with Crippen LogP contribution in [0.4, 0.5) is 15.9 Å². The molecule has 8 rings (SSSR count). The summed E-state index contributed by atoms with van der Waals surface area (Å²) in [5, 5.41) is 6.41. The zero-order chi connectivity index (χ0) is 28.0. The highest BCUT2D eigenvalue weighted by molar-refractivity contribution is 5.94. The van der Waals surface area contributed by atoms with Crippen LogP contribution in [0.3, 0.4) is 0 Å². The standard InChI is InChI=1S/C29H29FN6O5/c30-19-12-32-21-2-4-25(41-23-14-38-13-20(23)31)36-26(21)18(19)5-6-29-9-7-28(8-10-29,16-40-29)33-11-17-1-3-22-27(34-17)35-24(37)15-39-22/h1-4,12-14,33H,5-11,15-16,31H2,(H,34,35,37). The van der Waals surface area contributed by atoms with Crippen molar-refractivity contribution in [3.8, 4) is 17.4 Å². The number of carbonyl (C=O) groups excluding carboxylic acids is 1. The maximum absolute atomic E-state index is 15.1. The molecule has 0 radical (unpaired) electrons. The maximum Gasteiger partial charge on any atom is 0.263 e. The average Bonchev–Trinajstić information content (AvgIpc) is 3.40. The van der Waals surface area contributed by atoms with Crippen LogP contribution in [0.1, 0.15) is 43.4 Å². The van der Waals surface area contributed by atoms with Crippen molar-refractivity contribution in [3.05, 3.63) is 60.1 Å². The van der Waals surface area contributed by atoms with Gasteiger partial charge in [-0.15, -0.1) is 0 Å². The summed E-state index contributed by atoms with van der Waals surface area (Å²) >= 11 is 0. The summed E-state index contributed by atoms with van der Waals surface area (Å²) in [5.74, 6) is 1.05. The van der Waals surface area contributed by atoms with Gasteiger partial charge < -0.3 is 35.0 Å². The van der Waals surface area contributed by atoms with Crippen LogP contribution in [-0.4, -0.2) is 45.2 Å². The molecule has 3 aliphatic heterocycles. The number of nitrogens with one attached hydrogen (secondary N) is 2. The molecule has 0 aromatic carbocycles. The van der Waals surface area contributed by atoms with Crippen LogP contribution in [0, 0.1) is 5.82 Å². The number of aromatic nitrogens is 3. The van der Waals surface area contributed by atoms with Crippen molar-refractivity contribution < 1.29 is 27.8 Å². The summed E-state index contributed by atoms with van der Waals surface area (Å²) in [5.41, 5.74) is 8.11. The fraction of sp³-hybridized carbons (Fsp3) is 0.379. The van der Waals surface area contributed by atoms with Crippen LogP contribution < -0.4 is 25.8 Å². The highest BCUT2D eigenvalue weighted by atomic mass is 19.1. The first-order valence-corrected chi connectivity index (χ1v) is 13.6. The number of rotatable bonds is 8. The Morgan fingerprint density at radius 3 is 2.78 bits per heavy atom. The minimum absolute atomic E-state index is 0.00606. The van der Waals surface area contributed by atoms with E-state index >= 15 is 4.39 Å². The van der Waals surface area contributed by atoms with E-state index in [0.717, 1.165) is 31.4 Å². The molecular formula is C29H29FN6O5. The molecular weight excluding hydrogens is 531 g/mol. The van der Waals surface area contributed by atoms with Gasteiger partial charge in [0, 0.05) is 23.7 Å². The van der Waals surface area contributed by atoms with E-state index in [1.165, 1.54) is 18.7 Å². The quantitative estimate of drug-likeness (QED) is 0.286. The van der Waals surface area contributed by atoms with Gasteiger partial charge in [-0.2, -0.15) is 0 Å². The van der Waals surface area contributed by atoms with E-state index in [2.05, 4.69) is 25.6 Å². The van der Waals surface area contributed by atoms with Crippen molar-refractivity contribution in [1.29, 1.82) is 0 Å². The summed E-state index contributed by atoms with van der Waals surface area (Å²) in [7, 11) is 0. The molecule has 3 fully saturated rings. The van der Waals surface area contributed by atoms with Crippen LogP contribution in [-0.2, 0) is 22.5 Å². The number of aryl methyl sites for hydroxylation is 1. The van der Waals surface area contributed by atoms with E-state index in [9.17, 15) is 4.79 Å². The molecule has 1 saturated carbocycles. The molecule has 2 saturated heterocycles. The minimum atomic E-state index is -0.400. The Balaban J connectivity index is 1.01. The number of nitrogen functional groups attached to an aromatic ring is 1. The van der Waals surface area contributed by atoms with Gasteiger partial charge in [-0.25, -0.2) is 14.4 Å². The van der Waals surface area contributed by atoms with Gasteiger partial charge in [0.05, 0.1) is 35.1 Å². The number of nitrogens with zero attached hydrogens (tertiary/aromatic N) is 3. The molecule has 7 heterocycles. The number of hydrogen-bond donors (Lipinski definition) is 3. The van der Waals surface area contributed by atoms with E-state index in [1.54, 1.807) is 12.1 Å². The first-order valence-electron chi connectivity index (χ1n) is 13.6. The smallest absolute Gasteiger partial charge is 0.263 e. The van der Waals surface area contributed by atoms with E-state index in [-0.39, 0.29) is 29.5 Å². The van der Waals surface area contributed by atoms with Gasteiger partial charge in [0.15, 0.2) is 23.9 Å². The van der Waals surface area contributed by atoms with E-state index < -0.39 is 5.82 Å². The van der Waals surface area contributed by atoms with Gasteiger partial charge in [-0.1, -0.05) is 0 Å². The number of hydrogen-bond acceptors (Lipinski definition) is 10. The summed E-state index contributed by atoms with van der Waals surface area (Å²) in [6.45, 7) is 1.13. The summed E-state index contributed by atoms with van der Waals surface area (Å²) in [6, 6.07) is 7.16. The number of furan rings is 1. The Labute approximate surface area is 234 Å². The van der Waals surface area contributed by atoms with Crippen molar-refractivity contribution in [2.24, 2.45) is 0 Å². The number of halogens is 1. The number of amides is 1. The lowest BCUT2D eigenvalue weighted by Crippen LogP contribution is -2.61. The molecule has 11 nitrogen and oxygen atoms in total. The molecule has 1 amide bonds. The Kier molecular flexibility index (Phi) is 6.24. The molecule has 4 aromatic heterocycles. The fourth-order valence-corrected chi connectivity index (χ4v) is 5.91. The molecule has 41 heavy (non-hydrogen) atoms. The van der Waals surface area contributed by atoms with Crippen molar-refractivity contribution in [1.82, 2.24) is 20.3 Å². The fourth-order valence-electron chi connectivity index (χ4n) is 5.91. The molecule has 0 atom stereocenters. The molecule has 212 valence electrons. The Hall–Kier alpha value is -4.29. The monoisotopic (exact) mass is 560 g/mol. The molecule has 0 spiro atoms. The van der Waals surface area contributed by atoms with E-state index in [0.29, 0.717) is 65.6 Å².